The highest BCUT2D eigenvalue weighted by Crippen LogP contribution is 2.20. The van der Waals surface area contributed by atoms with Crippen molar-refractivity contribution in [2.24, 2.45) is 5.41 Å². The molecule has 0 bridgehead atoms. The van der Waals surface area contributed by atoms with E-state index in [4.69, 9.17) is 5.11 Å². The Morgan fingerprint density at radius 1 is 1.19 bits per heavy atom. The number of nitrogens with one attached hydrogen (secondary N) is 1. The van der Waals surface area contributed by atoms with Gasteiger partial charge in [0.1, 0.15) is 0 Å². The molecule has 0 saturated carbocycles. The van der Waals surface area contributed by atoms with Gasteiger partial charge in [0.15, 0.2) is 0 Å². The molecule has 0 aromatic carbocycles. The highest BCUT2D eigenvalue weighted by molar-refractivity contribution is 4.69. The van der Waals surface area contributed by atoms with E-state index in [1.807, 2.05) is 0 Å². The Morgan fingerprint density at radius 2 is 1.88 bits per heavy atom. The van der Waals surface area contributed by atoms with Gasteiger partial charge in [-0.05, 0) is 37.6 Å². The molecule has 2 N–H and O–H groups in total. The number of hydrogen-bond acceptors (Lipinski definition) is 2. The van der Waals surface area contributed by atoms with Crippen LogP contribution >= 0.6 is 0 Å². The summed E-state index contributed by atoms with van der Waals surface area (Å²) in [5.41, 5.74) is 0.0901. The highest BCUT2D eigenvalue weighted by Gasteiger charge is 2.15. The van der Waals surface area contributed by atoms with E-state index in [1.54, 1.807) is 0 Å². The molecular formula is C14H31NO. The number of aliphatic hydroxyl groups is 1. The molecule has 0 rings (SSSR count). The molecule has 0 aromatic rings. The molecule has 0 aliphatic carbocycles. The monoisotopic (exact) mass is 229 g/mol. The zero-order valence-corrected chi connectivity index (χ0v) is 11.7. The van der Waals surface area contributed by atoms with E-state index in [0.29, 0.717) is 12.6 Å². The predicted molar refractivity (Wildman–Crippen MR) is 71.7 cm³/mol. The first kappa shape index (κ1) is 15.9. The summed E-state index contributed by atoms with van der Waals surface area (Å²) in [6, 6.07) is 0.692. The molecule has 0 amide bonds. The summed E-state index contributed by atoms with van der Waals surface area (Å²) >= 11 is 0. The summed E-state index contributed by atoms with van der Waals surface area (Å²) in [6.45, 7) is 10.1. The molecule has 1 unspecified atom stereocenters. The first-order chi connectivity index (χ1) is 7.55. The Kier molecular flexibility index (Phi) is 8.96. The first-order valence-corrected chi connectivity index (χ1v) is 6.90. The summed E-state index contributed by atoms with van der Waals surface area (Å²) in [5, 5.41) is 12.8. The van der Waals surface area contributed by atoms with Gasteiger partial charge in [0.05, 0.1) is 0 Å². The van der Waals surface area contributed by atoms with Crippen LogP contribution in [0.5, 0.6) is 0 Å². The zero-order chi connectivity index (χ0) is 12.4. The molecule has 2 heteroatoms. The van der Waals surface area contributed by atoms with E-state index in [1.165, 1.54) is 25.7 Å². The van der Waals surface area contributed by atoms with Gasteiger partial charge in [-0.3, -0.25) is 0 Å². The van der Waals surface area contributed by atoms with Gasteiger partial charge < -0.3 is 10.4 Å². The van der Waals surface area contributed by atoms with Crippen molar-refractivity contribution in [1.29, 1.82) is 0 Å². The maximum atomic E-state index is 9.14. The second-order valence-electron chi connectivity index (χ2n) is 5.63. The van der Waals surface area contributed by atoms with E-state index in [0.717, 1.165) is 19.4 Å². The van der Waals surface area contributed by atoms with Crippen molar-refractivity contribution in [2.75, 3.05) is 13.2 Å². The van der Waals surface area contributed by atoms with E-state index in [2.05, 4.69) is 33.0 Å². The van der Waals surface area contributed by atoms with Crippen LogP contribution in [0, 0.1) is 5.41 Å². The van der Waals surface area contributed by atoms with Gasteiger partial charge in [0, 0.05) is 12.6 Å². The smallest absolute Gasteiger partial charge is 0.0482 e. The van der Waals surface area contributed by atoms with E-state index < -0.39 is 0 Å². The number of hydrogen-bond donors (Lipinski definition) is 2. The average molecular weight is 229 g/mol. The predicted octanol–water partition coefficient (Wildman–Crippen LogP) is 3.34. The molecule has 0 aliphatic rings. The van der Waals surface area contributed by atoms with E-state index >= 15 is 0 Å². The van der Waals surface area contributed by atoms with E-state index in [9.17, 15) is 0 Å². The summed E-state index contributed by atoms with van der Waals surface area (Å²) in [5.74, 6) is 0. The number of rotatable bonds is 10. The molecule has 2 nitrogen and oxygen atoms in total. The maximum absolute atomic E-state index is 9.14. The third-order valence-electron chi connectivity index (χ3n) is 3.29. The Balaban J connectivity index is 3.55. The van der Waals surface area contributed by atoms with Crippen molar-refractivity contribution in [3.8, 4) is 0 Å². The van der Waals surface area contributed by atoms with Crippen LogP contribution in [0.1, 0.15) is 66.2 Å². The SMILES string of the molecule is CCCCC(CC)NCCCC(C)(C)CO. The lowest BCUT2D eigenvalue weighted by atomic mass is 9.89. The number of aliphatic hydroxyl groups excluding tert-OH is 1. The molecule has 0 saturated heterocycles. The highest BCUT2D eigenvalue weighted by atomic mass is 16.3. The third-order valence-corrected chi connectivity index (χ3v) is 3.29. The van der Waals surface area contributed by atoms with Crippen LogP contribution in [0.4, 0.5) is 0 Å². The summed E-state index contributed by atoms with van der Waals surface area (Å²) < 4.78 is 0. The molecule has 0 aliphatic heterocycles. The fourth-order valence-electron chi connectivity index (χ4n) is 1.85. The fraction of sp³-hybridized carbons (Fsp3) is 1.00. The van der Waals surface area contributed by atoms with Gasteiger partial charge in [0.2, 0.25) is 0 Å². The van der Waals surface area contributed by atoms with Gasteiger partial charge in [-0.15, -0.1) is 0 Å². The van der Waals surface area contributed by atoms with Crippen LogP contribution < -0.4 is 5.32 Å². The minimum absolute atomic E-state index is 0.0901. The first-order valence-electron chi connectivity index (χ1n) is 6.90. The van der Waals surface area contributed by atoms with Crippen molar-refractivity contribution < 1.29 is 5.11 Å². The van der Waals surface area contributed by atoms with Gasteiger partial charge in [-0.1, -0.05) is 40.5 Å². The Morgan fingerprint density at radius 3 is 2.38 bits per heavy atom. The topological polar surface area (TPSA) is 32.3 Å². The average Bonchev–Trinajstić information content (AvgIpc) is 2.28. The van der Waals surface area contributed by atoms with Crippen molar-refractivity contribution in [3.05, 3.63) is 0 Å². The lowest BCUT2D eigenvalue weighted by molar-refractivity contribution is 0.147. The Hall–Kier alpha value is -0.0800. The van der Waals surface area contributed by atoms with Crippen molar-refractivity contribution in [2.45, 2.75) is 72.3 Å². The lowest BCUT2D eigenvalue weighted by Gasteiger charge is -2.22. The minimum atomic E-state index is 0.0901. The fourth-order valence-corrected chi connectivity index (χ4v) is 1.85. The molecule has 98 valence electrons. The quantitative estimate of drug-likeness (QED) is 0.563. The van der Waals surface area contributed by atoms with Crippen LogP contribution in [-0.2, 0) is 0 Å². The van der Waals surface area contributed by atoms with Crippen molar-refractivity contribution in [1.82, 2.24) is 5.32 Å². The lowest BCUT2D eigenvalue weighted by Crippen LogP contribution is -2.30. The molecule has 0 spiro atoms. The van der Waals surface area contributed by atoms with Gasteiger partial charge in [-0.25, -0.2) is 0 Å². The van der Waals surface area contributed by atoms with Crippen molar-refractivity contribution in [3.63, 3.8) is 0 Å². The van der Waals surface area contributed by atoms with Crippen LogP contribution in [0.2, 0.25) is 0 Å². The minimum Gasteiger partial charge on any atom is -0.396 e. The normalized spacial score (nSPS) is 14.1. The van der Waals surface area contributed by atoms with Crippen LogP contribution in [-0.4, -0.2) is 24.3 Å². The largest absolute Gasteiger partial charge is 0.396 e. The van der Waals surface area contributed by atoms with E-state index in [-0.39, 0.29) is 5.41 Å². The second-order valence-corrected chi connectivity index (χ2v) is 5.63. The van der Waals surface area contributed by atoms with Crippen LogP contribution in [0.15, 0.2) is 0 Å². The molecule has 1 atom stereocenters. The summed E-state index contributed by atoms with van der Waals surface area (Å²) in [6.07, 6.45) is 7.40. The van der Waals surface area contributed by atoms with Crippen LogP contribution in [0.25, 0.3) is 0 Å². The molecule has 16 heavy (non-hydrogen) atoms. The molecular weight excluding hydrogens is 198 g/mol. The third kappa shape index (κ3) is 8.12. The maximum Gasteiger partial charge on any atom is 0.0482 e. The number of unbranched alkanes of at least 4 members (excludes halogenated alkanes) is 1. The Labute approximate surface area is 102 Å². The zero-order valence-electron chi connectivity index (χ0n) is 11.7. The second kappa shape index (κ2) is 9.00. The van der Waals surface area contributed by atoms with Crippen molar-refractivity contribution >= 4 is 0 Å². The standard InChI is InChI=1S/C14H31NO/c1-5-7-9-13(6-2)15-11-8-10-14(3,4)12-16/h13,15-16H,5-12H2,1-4H3. The van der Waals surface area contributed by atoms with Crippen LogP contribution in [0.3, 0.4) is 0 Å². The molecule has 0 fully saturated rings. The summed E-state index contributed by atoms with van der Waals surface area (Å²) in [4.78, 5) is 0. The van der Waals surface area contributed by atoms with Gasteiger partial charge >= 0.3 is 0 Å². The molecule has 0 radical (unpaired) electrons. The van der Waals surface area contributed by atoms with Gasteiger partial charge in [0.25, 0.3) is 0 Å². The molecule has 0 aromatic heterocycles. The summed E-state index contributed by atoms with van der Waals surface area (Å²) in [7, 11) is 0. The Bertz CT molecular complexity index is 157. The molecule has 0 heterocycles. The van der Waals surface area contributed by atoms with Gasteiger partial charge in [-0.2, -0.15) is 0 Å².